The minimum absolute atomic E-state index is 0.121. The Morgan fingerprint density at radius 3 is 2.74 bits per heavy atom. The predicted octanol–water partition coefficient (Wildman–Crippen LogP) is 4.81. The lowest BCUT2D eigenvalue weighted by atomic mass is 9.76. The van der Waals surface area contributed by atoms with Crippen LogP contribution in [0.15, 0.2) is 63.9 Å². The fourth-order valence-corrected chi connectivity index (χ4v) is 7.34. The summed E-state index contributed by atoms with van der Waals surface area (Å²) in [6.07, 6.45) is 12.6. The molecule has 10 heteroatoms. The Morgan fingerprint density at radius 1 is 1.08 bits per heavy atom. The number of fused-ring (bicyclic) bond motifs is 2. The highest BCUT2D eigenvalue weighted by Crippen LogP contribution is 2.44. The minimum atomic E-state index is -0.121. The smallest absolute Gasteiger partial charge is 0.262 e. The van der Waals surface area contributed by atoms with Crippen molar-refractivity contribution in [2.24, 2.45) is 11.3 Å². The molecule has 2 saturated heterocycles. The van der Waals surface area contributed by atoms with Crippen LogP contribution in [0.5, 0.6) is 0 Å². The molecule has 8 nitrogen and oxygen atoms in total. The molecule has 1 atom stereocenters. The van der Waals surface area contributed by atoms with Crippen molar-refractivity contribution >= 4 is 40.1 Å². The van der Waals surface area contributed by atoms with E-state index in [1.165, 1.54) is 23.0 Å². The Bertz CT molecular complexity index is 1550. The van der Waals surface area contributed by atoms with Crippen molar-refractivity contribution in [3.05, 3.63) is 75.8 Å². The first-order valence-electron chi connectivity index (χ1n) is 13.5. The van der Waals surface area contributed by atoms with Gasteiger partial charge in [-0.2, -0.15) is 0 Å². The Labute approximate surface area is 235 Å². The number of hydrogen-bond acceptors (Lipinski definition) is 8. The van der Waals surface area contributed by atoms with Gasteiger partial charge < -0.3 is 9.64 Å². The molecule has 2 fully saturated rings. The molecule has 7 rings (SSSR count). The first kappa shape index (κ1) is 25.0. The van der Waals surface area contributed by atoms with Crippen molar-refractivity contribution in [3.63, 3.8) is 0 Å². The molecule has 1 aliphatic carbocycles. The van der Waals surface area contributed by atoms with Crippen molar-refractivity contribution in [1.29, 1.82) is 0 Å². The molecule has 1 aromatic carbocycles. The summed E-state index contributed by atoms with van der Waals surface area (Å²) in [6.45, 7) is 3.94. The van der Waals surface area contributed by atoms with Crippen LogP contribution in [-0.4, -0.2) is 50.8 Å². The second-order valence-corrected chi connectivity index (χ2v) is 12.4. The van der Waals surface area contributed by atoms with Crippen LogP contribution in [0.1, 0.15) is 30.5 Å². The largest absolute Gasteiger partial charge is 0.381 e. The second-order valence-electron chi connectivity index (χ2n) is 11.0. The lowest BCUT2D eigenvalue weighted by Crippen LogP contribution is -2.41. The van der Waals surface area contributed by atoms with E-state index in [1.807, 2.05) is 30.6 Å². The van der Waals surface area contributed by atoms with E-state index in [0.29, 0.717) is 40.4 Å². The van der Waals surface area contributed by atoms with Gasteiger partial charge in [-0.25, -0.2) is 15.0 Å². The van der Waals surface area contributed by atoms with Crippen LogP contribution in [-0.2, 0) is 24.1 Å². The van der Waals surface area contributed by atoms with Gasteiger partial charge in [-0.3, -0.25) is 14.3 Å². The van der Waals surface area contributed by atoms with Crippen LogP contribution in [0.3, 0.4) is 0 Å². The van der Waals surface area contributed by atoms with Gasteiger partial charge in [-0.15, -0.1) is 0 Å². The summed E-state index contributed by atoms with van der Waals surface area (Å²) in [5.74, 6) is 1.22. The average Bonchev–Trinajstić information content (AvgIpc) is 3.60. The van der Waals surface area contributed by atoms with Crippen molar-refractivity contribution in [1.82, 2.24) is 24.5 Å². The van der Waals surface area contributed by atoms with Gasteiger partial charge in [0.1, 0.15) is 10.8 Å². The molecule has 0 amide bonds. The fraction of sp³-hybridized carbons (Fsp3) is 0.414. The highest BCUT2D eigenvalue weighted by atomic mass is 35.5. The Kier molecular flexibility index (Phi) is 6.53. The second kappa shape index (κ2) is 10.2. The SMILES string of the molecule is O=c1c2c(Cl)c(Sc3cnc(N4CCC5(CC4)Cc4cccnc4C5)cn3)ccc2ncn1CC1CCOC1. The zero-order chi connectivity index (χ0) is 26.4. The molecule has 200 valence electrons. The zero-order valence-corrected chi connectivity index (χ0v) is 23.1. The number of pyridine rings is 1. The molecule has 3 aromatic heterocycles. The van der Waals surface area contributed by atoms with Gasteiger partial charge in [0.2, 0.25) is 0 Å². The molecular weight excluding hydrogens is 532 g/mol. The summed E-state index contributed by atoms with van der Waals surface area (Å²) in [7, 11) is 0. The minimum Gasteiger partial charge on any atom is -0.381 e. The van der Waals surface area contributed by atoms with Crippen molar-refractivity contribution in [3.8, 4) is 0 Å². The predicted molar refractivity (Wildman–Crippen MR) is 152 cm³/mol. The molecule has 0 radical (unpaired) electrons. The summed E-state index contributed by atoms with van der Waals surface area (Å²) in [6, 6.07) is 8.01. The third-order valence-corrected chi connectivity index (χ3v) is 9.93. The molecule has 1 unspecified atom stereocenters. The number of nitrogens with zero attached hydrogens (tertiary/aromatic N) is 6. The van der Waals surface area contributed by atoms with Gasteiger partial charge in [0, 0.05) is 48.9 Å². The summed E-state index contributed by atoms with van der Waals surface area (Å²) >= 11 is 8.18. The molecular formula is C29H29ClN6O2S. The summed E-state index contributed by atoms with van der Waals surface area (Å²) in [4.78, 5) is 34.9. The fourth-order valence-electron chi connectivity index (χ4n) is 6.21. The third-order valence-electron chi connectivity index (χ3n) is 8.44. The van der Waals surface area contributed by atoms with E-state index in [4.69, 9.17) is 21.3 Å². The lowest BCUT2D eigenvalue weighted by Gasteiger charge is -2.39. The number of halogens is 1. The van der Waals surface area contributed by atoms with Gasteiger partial charge in [0.25, 0.3) is 5.56 Å². The van der Waals surface area contributed by atoms with E-state index < -0.39 is 0 Å². The van der Waals surface area contributed by atoms with Crippen LogP contribution in [0.25, 0.3) is 10.9 Å². The van der Waals surface area contributed by atoms with Gasteiger partial charge in [0.15, 0.2) is 0 Å². The van der Waals surface area contributed by atoms with Gasteiger partial charge in [0.05, 0.1) is 41.3 Å². The Hall–Kier alpha value is -3.01. The third kappa shape index (κ3) is 4.81. The van der Waals surface area contributed by atoms with Crippen LogP contribution in [0.4, 0.5) is 5.82 Å². The maximum atomic E-state index is 13.3. The van der Waals surface area contributed by atoms with Gasteiger partial charge >= 0.3 is 0 Å². The van der Waals surface area contributed by atoms with Crippen molar-refractivity contribution < 1.29 is 4.74 Å². The van der Waals surface area contributed by atoms with Gasteiger partial charge in [-0.05, 0) is 61.3 Å². The van der Waals surface area contributed by atoms with Crippen LogP contribution >= 0.6 is 23.4 Å². The molecule has 0 N–H and O–H groups in total. The topological polar surface area (TPSA) is 86.0 Å². The van der Waals surface area contributed by atoms with Crippen LogP contribution in [0.2, 0.25) is 5.02 Å². The van der Waals surface area contributed by atoms with Crippen LogP contribution in [0, 0.1) is 11.3 Å². The van der Waals surface area contributed by atoms with Crippen LogP contribution < -0.4 is 10.5 Å². The zero-order valence-electron chi connectivity index (χ0n) is 21.6. The summed E-state index contributed by atoms with van der Waals surface area (Å²) in [5.41, 5.74) is 3.50. The lowest BCUT2D eigenvalue weighted by molar-refractivity contribution is 0.182. The molecule has 5 heterocycles. The van der Waals surface area contributed by atoms with E-state index >= 15 is 0 Å². The molecule has 4 aromatic rings. The van der Waals surface area contributed by atoms with Crippen molar-refractivity contribution in [2.75, 3.05) is 31.2 Å². The van der Waals surface area contributed by atoms with E-state index in [1.54, 1.807) is 17.1 Å². The molecule has 0 saturated carbocycles. The monoisotopic (exact) mass is 560 g/mol. The molecule has 2 aliphatic heterocycles. The van der Waals surface area contributed by atoms with E-state index in [2.05, 4.69) is 25.9 Å². The number of anilines is 1. The summed E-state index contributed by atoms with van der Waals surface area (Å²) in [5, 5.41) is 1.59. The Morgan fingerprint density at radius 2 is 1.97 bits per heavy atom. The molecule has 3 aliphatic rings. The number of ether oxygens (including phenoxy) is 1. The standard InChI is InChI=1S/C29H29ClN6O2S/c30-27-23(4-3-21-26(27)28(37)36(18-34-21)16-19-5-11-38-17-19)39-25-15-32-24(14-33-25)35-9-6-29(7-10-35)12-20-2-1-8-31-22(20)13-29/h1-4,8,14-15,18-19H,5-7,9-13,16-17H2. The molecule has 0 bridgehead atoms. The highest BCUT2D eigenvalue weighted by Gasteiger charge is 2.40. The first-order chi connectivity index (χ1) is 19.1. The average molecular weight is 561 g/mol. The van der Waals surface area contributed by atoms with E-state index in [0.717, 1.165) is 67.5 Å². The molecule has 1 spiro atoms. The number of rotatable bonds is 5. The summed E-state index contributed by atoms with van der Waals surface area (Å²) < 4.78 is 7.12. The normalized spacial score (nSPS) is 20.1. The maximum Gasteiger partial charge on any atom is 0.262 e. The number of piperidine rings is 1. The van der Waals surface area contributed by atoms with E-state index in [9.17, 15) is 4.79 Å². The van der Waals surface area contributed by atoms with E-state index in [-0.39, 0.29) is 5.56 Å². The first-order valence-corrected chi connectivity index (χ1v) is 14.7. The molecule has 39 heavy (non-hydrogen) atoms. The van der Waals surface area contributed by atoms with Gasteiger partial charge in [-0.1, -0.05) is 29.4 Å². The van der Waals surface area contributed by atoms with Crippen molar-refractivity contribution in [2.45, 2.75) is 48.6 Å². The number of aromatic nitrogens is 5. The highest BCUT2D eigenvalue weighted by molar-refractivity contribution is 7.99. The maximum absolute atomic E-state index is 13.3. The number of benzene rings is 1. The number of hydrogen-bond donors (Lipinski definition) is 0. The quantitative estimate of drug-likeness (QED) is 0.344. The Balaban J connectivity index is 1.04.